The standard InChI is InChI=1S/C14H28N2O2/c1-11-9-12(5-8-15-11)13(18)16-7-4-6-14(2,3)10-17/h11-12,15,17H,4-10H2,1-3H3,(H,16,18)/t11-,12-/m0/s1. The Morgan fingerprint density at radius 1 is 1.50 bits per heavy atom. The monoisotopic (exact) mass is 256 g/mol. The fraction of sp³-hybridized carbons (Fsp3) is 0.929. The molecule has 1 saturated heterocycles. The molecule has 106 valence electrons. The second-order valence-electron chi connectivity index (χ2n) is 6.29. The van der Waals surface area contributed by atoms with Crippen LogP contribution in [0.15, 0.2) is 0 Å². The molecule has 0 unspecified atom stereocenters. The van der Waals surface area contributed by atoms with Crippen LogP contribution in [-0.4, -0.2) is 36.8 Å². The van der Waals surface area contributed by atoms with Crippen molar-refractivity contribution in [3.63, 3.8) is 0 Å². The summed E-state index contributed by atoms with van der Waals surface area (Å²) in [6, 6.07) is 0.447. The molecule has 0 aliphatic carbocycles. The van der Waals surface area contributed by atoms with Crippen molar-refractivity contribution in [2.75, 3.05) is 19.7 Å². The lowest BCUT2D eigenvalue weighted by atomic mass is 9.89. The van der Waals surface area contributed by atoms with E-state index in [0.717, 1.165) is 38.8 Å². The number of carbonyl (C=O) groups is 1. The van der Waals surface area contributed by atoms with Crippen LogP contribution in [0.2, 0.25) is 0 Å². The highest BCUT2D eigenvalue weighted by molar-refractivity contribution is 5.78. The molecule has 0 bridgehead atoms. The molecule has 1 aliphatic heterocycles. The zero-order chi connectivity index (χ0) is 13.6. The topological polar surface area (TPSA) is 61.4 Å². The molecule has 1 aliphatic rings. The lowest BCUT2D eigenvalue weighted by Gasteiger charge is -2.27. The summed E-state index contributed by atoms with van der Waals surface area (Å²) < 4.78 is 0. The average Bonchev–Trinajstić information content (AvgIpc) is 2.34. The predicted molar refractivity (Wildman–Crippen MR) is 73.3 cm³/mol. The molecule has 18 heavy (non-hydrogen) atoms. The summed E-state index contributed by atoms with van der Waals surface area (Å²) >= 11 is 0. The fourth-order valence-electron chi connectivity index (χ4n) is 2.37. The number of rotatable bonds is 6. The van der Waals surface area contributed by atoms with E-state index < -0.39 is 0 Å². The van der Waals surface area contributed by atoms with Crippen molar-refractivity contribution in [1.82, 2.24) is 10.6 Å². The first kappa shape index (κ1) is 15.4. The van der Waals surface area contributed by atoms with Gasteiger partial charge in [-0.1, -0.05) is 13.8 Å². The van der Waals surface area contributed by atoms with Crippen molar-refractivity contribution in [2.24, 2.45) is 11.3 Å². The minimum absolute atomic E-state index is 0.0337. The van der Waals surface area contributed by atoms with Crippen LogP contribution >= 0.6 is 0 Å². The van der Waals surface area contributed by atoms with E-state index in [1.165, 1.54) is 0 Å². The molecule has 4 nitrogen and oxygen atoms in total. The highest BCUT2D eigenvalue weighted by atomic mass is 16.3. The summed E-state index contributed by atoms with van der Waals surface area (Å²) in [5.74, 6) is 0.372. The molecule has 1 fully saturated rings. The lowest BCUT2D eigenvalue weighted by Crippen LogP contribution is -2.42. The Bertz CT molecular complexity index is 267. The van der Waals surface area contributed by atoms with Crippen molar-refractivity contribution in [3.8, 4) is 0 Å². The third kappa shape index (κ3) is 5.36. The zero-order valence-electron chi connectivity index (χ0n) is 12.0. The van der Waals surface area contributed by atoms with E-state index in [0.29, 0.717) is 6.04 Å². The second-order valence-corrected chi connectivity index (χ2v) is 6.29. The van der Waals surface area contributed by atoms with Crippen LogP contribution in [0.1, 0.15) is 46.5 Å². The number of carbonyl (C=O) groups excluding carboxylic acids is 1. The van der Waals surface area contributed by atoms with Gasteiger partial charge in [0.1, 0.15) is 0 Å². The highest BCUT2D eigenvalue weighted by Gasteiger charge is 2.24. The molecule has 1 heterocycles. The van der Waals surface area contributed by atoms with Crippen molar-refractivity contribution >= 4 is 5.91 Å². The first-order valence-electron chi connectivity index (χ1n) is 7.06. The first-order valence-corrected chi connectivity index (χ1v) is 7.06. The summed E-state index contributed by atoms with van der Waals surface area (Å²) in [5.41, 5.74) is -0.0337. The molecule has 0 aromatic carbocycles. The first-order chi connectivity index (χ1) is 8.44. The van der Waals surface area contributed by atoms with Gasteiger partial charge in [0.2, 0.25) is 5.91 Å². The van der Waals surface area contributed by atoms with Gasteiger partial charge in [0.05, 0.1) is 0 Å². The molecule has 2 atom stereocenters. The van der Waals surface area contributed by atoms with Gasteiger partial charge in [0, 0.05) is 25.1 Å². The second kappa shape index (κ2) is 7.10. The Labute approximate surface area is 111 Å². The van der Waals surface area contributed by atoms with E-state index in [4.69, 9.17) is 5.11 Å². The van der Waals surface area contributed by atoms with Crippen LogP contribution in [0.3, 0.4) is 0 Å². The maximum atomic E-state index is 11.9. The largest absolute Gasteiger partial charge is 0.396 e. The highest BCUT2D eigenvalue weighted by Crippen LogP contribution is 2.20. The summed E-state index contributed by atoms with van der Waals surface area (Å²) in [6.45, 7) is 8.08. The van der Waals surface area contributed by atoms with Gasteiger partial charge in [-0.3, -0.25) is 4.79 Å². The Morgan fingerprint density at radius 3 is 2.83 bits per heavy atom. The maximum Gasteiger partial charge on any atom is 0.223 e. The van der Waals surface area contributed by atoms with Gasteiger partial charge in [0.25, 0.3) is 0 Å². The maximum absolute atomic E-state index is 11.9. The predicted octanol–water partition coefficient (Wildman–Crippen LogP) is 1.29. The van der Waals surface area contributed by atoms with Gasteiger partial charge in [-0.05, 0) is 44.6 Å². The Morgan fingerprint density at radius 2 is 2.22 bits per heavy atom. The zero-order valence-corrected chi connectivity index (χ0v) is 12.0. The summed E-state index contributed by atoms with van der Waals surface area (Å²) in [4.78, 5) is 11.9. The number of aliphatic hydroxyl groups excluding tert-OH is 1. The van der Waals surface area contributed by atoms with Crippen molar-refractivity contribution in [3.05, 3.63) is 0 Å². The fourth-order valence-corrected chi connectivity index (χ4v) is 2.37. The molecule has 0 radical (unpaired) electrons. The summed E-state index contributed by atoms with van der Waals surface area (Å²) in [6.07, 6.45) is 3.75. The quantitative estimate of drug-likeness (QED) is 0.628. The molecule has 4 heteroatoms. The van der Waals surface area contributed by atoms with E-state index in [1.54, 1.807) is 0 Å². The van der Waals surface area contributed by atoms with Crippen LogP contribution in [0.5, 0.6) is 0 Å². The van der Waals surface area contributed by atoms with Gasteiger partial charge in [0.15, 0.2) is 0 Å². The van der Waals surface area contributed by atoms with E-state index in [-0.39, 0.29) is 23.8 Å². The number of nitrogens with one attached hydrogen (secondary N) is 2. The van der Waals surface area contributed by atoms with E-state index in [1.807, 2.05) is 13.8 Å². The van der Waals surface area contributed by atoms with Gasteiger partial charge in [-0.15, -0.1) is 0 Å². The Kier molecular flexibility index (Phi) is 6.09. The molecule has 1 amide bonds. The molecular formula is C14H28N2O2. The third-order valence-corrected chi connectivity index (χ3v) is 3.75. The lowest BCUT2D eigenvalue weighted by molar-refractivity contribution is -0.126. The number of hydrogen-bond acceptors (Lipinski definition) is 3. The number of hydrogen-bond donors (Lipinski definition) is 3. The summed E-state index contributed by atoms with van der Waals surface area (Å²) in [5, 5.41) is 15.5. The number of amides is 1. The van der Waals surface area contributed by atoms with Crippen LogP contribution in [0.4, 0.5) is 0 Å². The van der Waals surface area contributed by atoms with E-state index in [9.17, 15) is 4.79 Å². The minimum atomic E-state index is -0.0337. The number of piperidine rings is 1. The van der Waals surface area contributed by atoms with Gasteiger partial charge in [-0.25, -0.2) is 0 Å². The summed E-state index contributed by atoms with van der Waals surface area (Å²) in [7, 11) is 0. The van der Waals surface area contributed by atoms with Crippen molar-refractivity contribution < 1.29 is 9.90 Å². The molecule has 0 aromatic rings. The molecular weight excluding hydrogens is 228 g/mol. The van der Waals surface area contributed by atoms with Crippen LogP contribution in [0.25, 0.3) is 0 Å². The molecule has 3 N–H and O–H groups in total. The molecule has 0 saturated carbocycles. The third-order valence-electron chi connectivity index (χ3n) is 3.75. The van der Waals surface area contributed by atoms with Crippen LogP contribution in [-0.2, 0) is 4.79 Å². The van der Waals surface area contributed by atoms with Gasteiger partial charge >= 0.3 is 0 Å². The smallest absolute Gasteiger partial charge is 0.223 e. The Balaban J connectivity index is 2.17. The molecule has 1 rings (SSSR count). The SMILES string of the molecule is C[C@H]1C[C@@H](C(=O)NCCCC(C)(C)CO)CCN1. The Hall–Kier alpha value is -0.610. The number of aliphatic hydroxyl groups is 1. The van der Waals surface area contributed by atoms with Crippen LogP contribution < -0.4 is 10.6 Å². The average molecular weight is 256 g/mol. The minimum Gasteiger partial charge on any atom is -0.396 e. The van der Waals surface area contributed by atoms with Crippen molar-refractivity contribution in [1.29, 1.82) is 0 Å². The van der Waals surface area contributed by atoms with Gasteiger partial charge < -0.3 is 15.7 Å². The van der Waals surface area contributed by atoms with E-state index in [2.05, 4.69) is 17.6 Å². The van der Waals surface area contributed by atoms with Crippen LogP contribution in [0, 0.1) is 11.3 Å². The molecule has 0 aromatic heterocycles. The van der Waals surface area contributed by atoms with Gasteiger partial charge in [-0.2, -0.15) is 0 Å². The van der Waals surface area contributed by atoms with E-state index >= 15 is 0 Å². The van der Waals surface area contributed by atoms with Crippen molar-refractivity contribution in [2.45, 2.75) is 52.5 Å². The molecule has 0 spiro atoms. The normalized spacial score (nSPS) is 24.9.